The largest absolute Gasteiger partial charge is 0.478 e. The molecule has 1 aromatic heterocycles. The highest BCUT2D eigenvalue weighted by molar-refractivity contribution is 6.04. The fourth-order valence-electron chi connectivity index (χ4n) is 3.06. The minimum Gasteiger partial charge on any atom is -0.478 e. The molecule has 0 amide bonds. The van der Waals surface area contributed by atoms with Crippen molar-refractivity contribution < 1.29 is 9.90 Å². The molecule has 0 fully saturated rings. The van der Waals surface area contributed by atoms with Gasteiger partial charge < -0.3 is 5.11 Å². The molecule has 0 saturated carbocycles. The number of aromatic nitrogens is 1. The summed E-state index contributed by atoms with van der Waals surface area (Å²) in [5.41, 5.74) is 4.27. The van der Waals surface area contributed by atoms with E-state index in [0.717, 1.165) is 47.0 Å². The number of hydrogen-bond acceptors (Lipinski definition) is 2. The minimum absolute atomic E-state index is 0.354. The van der Waals surface area contributed by atoms with E-state index >= 15 is 0 Å². The van der Waals surface area contributed by atoms with Crippen LogP contribution in [0.15, 0.2) is 18.2 Å². The zero-order chi connectivity index (χ0) is 13.6. The third-order valence-corrected chi connectivity index (χ3v) is 4.02. The van der Waals surface area contributed by atoms with Gasteiger partial charge in [-0.3, -0.25) is 4.98 Å². The molecule has 98 valence electrons. The molecule has 0 radical (unpaired) electrons. The number of nitrogens with zero attached hydrogens (tertiary/aromatic N) is 1. The molecule has 3 heteroatoms. The molecule has 3 nitrogen and oxygen atoms in total. The standard InChI is InChI=1S/C16H17NO2/c1-9-6-7-13-12(8-9)14(16(18)19)11-5-3-4-10(2)15(11)17-13/h6-8,10H,3-5H2,1-2H3,(H,18,19). The molecular formula is C16H17NO2. The molecule has 0 spiro atoms. The van der Waals surface area contributed by atoms with Gasteiger partial charge in [0, 0.05) is 11.1 Å². The second-order valence-electron chi connectivity index (χ2n) is 5.47. The smallest absolute Gasteiger partial charge is 0.336 e. The van der Waals surface area contributed by atoms with Crippen molar-refractivity contribution in [2.24, 2.45) is 0 Å². The van der Waals surface area contributed by atoms with Crippen LogP contribution in [0.1, 0.15) is 52.9 Å². The van der Waals surface area contributed by atoms with Gasteiger partial charge in [0.25, 0.3) is 0 Å². The summed E-state index contributed by atoms with van der Waals surface area (Å²) in [7, 11) is 0. The van der Waals surface area contributed by atoms with Crippen molar-refractivity contribution in [3.63, 3.8) is 0 Å². The molecule has 0 bridgehead atoms. The van der Waals surface area contributed by atoms with Crippen molar-refractivity contribution in [1.82, 2.24) is 4.98 Å². The van der Waals surface area contributed by atoms with E-state index in [4.69, 9.17) is 4.98 Å². The van der Waals surface area contributed by atoms with Crippen molar-refractivity contribution in [1.29, 1.82) is 0 Å². The van der Waals surface area contributed by atoms with E-state index in [1.54, 1.807) is 0 Å². The Morgan fingerprint density at radius 2 is 2.21 bits per heavy atom. The second-order valence-corrected chi connectivity index (χ2v) is 5.47. The number of benzene rings is 1. The molecule has 0 aliphatic heterocycles. The maximum atomic E-state index is 11.7. The van der Waals surface area contributed by atoms with Gasteiger partial charge in [0.1, 0.15) is 0 Å². The Balaban J connectivity index is 2.42. The lowest BCUT2D eigenvalue weighted by molar-refractivity contribution is 0.0697. The zero-order valence-corrected chi connectivity index (χ0v) is 11.2. The Bertz CT molecular complexity index is 676. The van der Waals surface area contributed by atoms with Gasteiger partial charge in [-0.2, -0.15) is 0 Å². The van der Waals surface area contributed by atoms with Gasteiger partial charge in [-0.1, -0.05) is 18.6 Å². The summed E-state index contributed by atoms with van der Waals surface area (Å²) in [5, 5.41) is 10.4. The predicted molar refractivity (Wildman–Crippen MR) is 74.8 cm³/mol. The summed E-state index contributed by atoms with van der Waals surface area (Å²) in [6, 6.07) is 5.85. The zero-order valence-electron chi connectivity index (χ0n) is 11.2. The summed E-state index contributed by atoms with van der Waals surface area (Å²) >= 11 is 0. The van der Waals surface area contributed by atoms with Crippen molar-refractivity contribution in [2.45, 2.75) is 39.0 Å². The van der Waals surface area contributed by atoms with Gasteiger partial charge in [-0.25, -0.2) is 4.79 Å². The van der Waals surface area contributed by atoms with E-state index in [9.17, 15) is 9.90 Å². The minimum atomic E-state index is -0.830. The summed E-state index contributed by atoms with van der Waals surface area (Å²) in [6.07, 6.45) is 2.97. The summed E-state index contributed by atoms with van der Waals surface area (Å²) in [5.74, 6) is -0.476. The van der Waals surface area contributed by atoms with E-state index < -0.39 is 5.97 Å². The van der Waals surface area contributed by atoms with E-state index in [1.807, 2.05) is 25.1 Å². The van der Waals surface area contributed by atoms with E-state index in [2.05, 4.69) is 6.92 Å². The third kappa shape index (κ3) is 1.89. The van der Waals surface area contributed by atoms with Gasteiger partial charge >= 0.3 is 5.97 Å². The van der Waals surface area contributed by atoms with Crippen LogP contribution in [0.4, 0.5) is 0 Å². The van der Waals surface area contributed by atoms with Crippen LogP contribution in [0, 0.1) is 6.92 Å². The molecule has 2 aromatic rings. The molecule has 19 heavy (non-hydrogen) atoms. The Hall–Kier alpha value is -1.90. The monoisotopic (exact) mass is 255 g/mol. The number of aromatic carboxylic acids is 1. The second kappa shape index (κ2) is 4.34. The number of carbonyl (C=O) groups is 1. The first-order valence-electron chi connectivity index (χ1n) is 6.74. The molecule has 1 aliphatic carbocycles. The van der Waals surface area contributed by atoms with Crippen LogP contribution in [0.25, 0.3) is 10.9 Å². The van der Waals surface area contributed by atoms with Crippen LogP contribution < -0.4 is 0 Å². The van der Waals surface area contributed by atoms with Crippen molar-refractivity contribution >= 4 is 16.9 Å². The van der Waals surface area contributed by atoms with Crippen molar-refractivity contribution in [3.8, 4) is 0 Å². The molecule has 3 rings (SSSR count). The molecule has 0 saturated heterocycles. The normalized spacial score (nSPS) is 18.3. The van der Waals surface area contributed by atoms with E-state index in [1.165, 1.54) is 0 Å². The maximum absolute atomic E-state index is 11.7. The van der Waals surface area contributed by atoms with Gasteiger partial charge in [0.2, 0.25) is 0 Å². The number of aryl methyl sites for hydroxylation is 1. The van der Waals surface area contributed by atoms with Crippen molar-refractivity contribution in [2.75, 3.05) is 0 Å². The number of rotatable bonds is 1. The molecule has 1 heterocycles. The first-order valence-corrected chi connectivity index (χ1v) is 6.74. The maximum Gasteiger partial charge on any atom is 0.336 e. The van der Waals surface area contributed by atoms with E-state index in [-0.39, 0.29) is 0 Å². The SMILES string of the molecule is Cc1ccc2nc3c(c(C(=O)O)c2c1)CCCC3C. The fraction of sp³-hybridized carbons (Fsp3) is 0.375. The highest BCUT2D eigenvalue weighted by Crippen LogP contribution is 2.35. The lowest BCUT2D eigenvalue weighted by atomic mass is 9.84. The lowest BCUT2D eigenvalue weighted by Gasteiger charge is -2.24. The average molecular weight is 255 g/mol. The van der Waals surface area contributed by atoms with Crippen LogP contribution in [0.2, 0.25) is 0 Å². The summed E-state index contributed by atoms with van der Waals surface area (Å²) < 4.78 is 0. The van der Waals surface area contributed by atoms with Crippen molar-refractivity contribution in [3.05, 3.63) is 40.6 Å². The predicted octanol–water partition coefficient (Wildman–Crippen LogP) is 3.68. The number of fused-ring (bicyclic) bond motifs is 2. The quantitative estimate of drug-likeness (QED) is 0.845. The summed E-state index contributed by atoms with van der Waals surface area (Å²) in [4.78, 5) is 16.4. The van der Waals surface area contributed by atoms with Crippen LogP contribution in [0.3, 0.4) is 0 Å². The molecule has 1 aromatic carbocycles. The van der Waals surface area contributed by atoms with E-state index in [0.29, 0.717) is 11.5 Å². The highest BCUT2D eigenvalue weighted by atomic mass is 16.4. The van der Waals surface area contributed by atoms with Crippen LogP contribution in [-0.2, 0) is 6.42 Å². The molecular weight excluding hydrogens is 238 g/mol. The van der Waals surface area contributed by atoms with Gasteiger partial charge in [-0.05, 0) is 49.8 Å². The van der Waals surface area contributed by atoms with Crippen LogP contribution >= 0.6 is 0 Å². The first kappa shape index (κ1) is 12.2. The van der Waals surface area contributed by atoms with Gasteiger partial charge in [-0.15, -0.1) is 0 Å². The van der Waals surface area contributed by atoms with Crippen LogP contribution in [0.5, 0.6) is 0 Å². The number of hydrogen-bond donors (Lipinski definition) is 1. The fourth-order valence-corrected chi connectivity index (χ4v) is 3.06. The topological polar surface area (TPSA) is 50.2 Å². The number of carboxylic acids is 1. The lowest BCUT2D eigenvalue weighted by Crippen LogP contribution is -2.15. The van der Waals surface area contributed by atoms with Crippen LogP contribution in [-0.4, -0.2) is 16.1 Å². The Morgan fingerprint density at radius 1 is 1.42 bits per heavy atom. The Kier molecular flexibility index (Phi) is 2.77. The van der Waals surface area contributed by atoms with Gasteiger partial charge in [0.05, 0.1) is 11.1 Å². The molecule has 1 unspecified atom stereocenters. The number of carboxylic acid groups (broad SMARTS) is 1. The summed E-state index contributed by atoms with van der Waals surface area (Å²) in [6.45, 7) is 4.11. The molecule has 1 atom stereocenters. The molecule has 1 aliphatic rings. The Morgan fingerprint density at radius 3 is 2.95 bits per heavy atom. The first-order chi connectivity index (χ1) is 9.08. The highest BCUT2D eigenvalue weighted by Gasteiger charge is 2.25. The Labute approximate surface area is 112 Å². The molecule has 1 N–H and O–H groups in total. The number of pyridine rings is 1. The average Bonchev–Trinajstić information content (AvgIpc) is 2.36. The third-order valence-electron chi connectivity index (χ3n) is 4.02. The van der Waals surface area contributed by atoms with Gasteiger partial charge in [0.15, 0.2) is 0 Å².